The molecule has 19 heavy (non-hydrogen) atoms. The van der Waals surface area contributed by atoms with E-state index in [1.165, 1.54) is 0 Å². The average molecular weight is 278 g/mol. The summed E-state index contributed by atoms with van der Waals surface area (Å²) in [6.45, 7) is 5.48. The number of anilines is 1. The van der Waals surface area contributed by atoms with Gasteiger partial charge in [0.15, 0.2) is 0 Å². The Labute approximate surface area is 117 Å². The molecule has 0 bridgehead atoms. The molecule has 0 aliphatic carbocycles. The van der Waals surface area contributed by atoms with Gasteiger partial charge in [-0.3, -0.25) is 4.79 Å². The van der Waals surface area contributed by atoms with Crippen LogP contribution >= 0.6 is 11.8 Å². The number of carboxylic acids is 1. The van der Waals surface area contributed by atoms with Gasteiger partial charge in [0.2, 0.25) is 0 Å². The summed E-state index contributed by atoms with van der Waals surface area (Å²) in [5.74, 6) is -0.481. The van der Waals surface area contributed by atoms with Gasteiger partial charge < -0.3 is 10.4 Å². The largest absolute Gasteiger partial charge is 0.481 e. The van der Waals surface area contributed by atoms with Gasteiger partial charge >= 0.3 is 5.97 Å². The van der Waals surface area contributed by atoms with Crippen LogP contribution in [-0.4, -0.2) is 22.9 Å². The normalized spacial score (nSPS) is 13.4. The van der Waals surface area contributed by atoms with Gasteiger partial charge in [-0.25, -0.2) is 0 Å². The molecule has 2 unspecified atom stereocenters. The standard InChI is InChI=1S/C14H18N2O2S/c1-4-19-13-7-5-6-12(11(13)8-15)16-10(3)9(2)14(17)18/h5-7,9-10,16H,4H2,1-3H3,(H,17,18). The third-order valence-electron chi connectivity index (χ3n) is 2.96. The lowest BCUT2D eigenvalue weighted by Crippen LogP contribution is -2.30. The lowest BCUT2D eigenvalue weighted by Gasteiger charge is -2.20. The topological polar surface area (TPSA) is 73.1 Å². The van der Waals surface area contributed by atoms with Crippen molar-refractivity contribution in [2.24, 2.45) is 5.92 Å². The summed E-state index contributed by atoms with van der Waals surface area (Å²) in [5, 5.41) is 21.4. The monoisotopic (exact) mass is 278 g/mol. The van der Waals surface area contributed by atoms with Crippen molar-refractivity contribution >= 4 is 23.4 Å². The van der Waals surface area contributed by atoms with Crippen molar-refractivity contribution in [1.29, 1.82) is 5.26 Å². The molecule has 4 nitrogen and oxygen atoms in total. The highest BCUT2D eigenvalue weighted by Crippen LogP contribution is 2.28. The minimum absolute atomic E-state index is 0.244. The number of hydrogen-bond acceptors (Lipinski definition) is 4. The molecule has 0 fully saturated rings. The Morgan fingerprint density at radius 3 is 2.74 bits per heavy atom. The van der Waals surface area contributed by atoms with Crippen molar-refractivity contribution in [3.05, 3.63) is 23.8 Å². The maximum Gasteiger partial charge on any atom is 0.308 e. The van der Waals surface area contributed by atoms with E-state index in [9.17, 15) is 10.1 Å². The second-order valence-corrected chi connectivity index (χ2v) is 5.59. The molecule has 1 rings (SSSR count). The maximum atomic E-state index is 10.9. The number of nitriles is 1. The van der Waals surface area contributed by atoms with Gasteiger partial charge in [-0.2, -0.15) is 5.26 Å². The number of hydrogen-bond donors (Lipinski definition) is 2. The van der Waals surface area contributed by atoms with E-state index < -0.39 is 11.9 Å². The van der Waals surface area contributed by atoms with Crippen LogP contribution in [0, 0.1) is 17.2 Å². The zero-order chi connectivity index (χ0) is 14.4. The lowest BCUT2D eigenvalue weighted by atomic mass is 10.0. The van der Waals surface area contributed by atoms with E-state index >= 15 is 0 Å². The molecular formula is C14H18N2O2S. The SMILES string of the molecule is CCSc1cccc(NC(C)C(C)C(=O)O)c1C#N. The van der Waals surface area contributed by atoms with E-state index in [4.69, 9.17) is 5.11 Å². The second kappa shape index (κ2) is 7.05. The van der Waals surface area contributed by atoms with Crippen molar-refractivity contribution < 1.29 is 9.90 Å². The molecule has 2 atom stereocenters. The van der Waals surface area contributed by atoms with Crippen LogP contribution in [0.4, 0.5) is 5.69 Å². The van der Waals surface area contributed by atoms with E-state index in [0.29, 0.717) is 11.3 Å². The molecule has 1 aromatic rings. The minimum atomic E-state index is -0.849. The zero-order valence-corrected chi connectivity index (χ0v) is 12.1. The van der Waals surface area contributed by atoms with Crippen molar-refractivity contribution in [3.63, 3.8) is 0 Å². The van der Waals surface area contributed by atoms with Crippen molar-refractivity contribution in [3.8, 4) is 6.07 Å². The summed E-state index contributed by atoms with van der Waals surface area (Å²) in [4.78, 5) is 11.9. The highest BCUT2D eigenvalue weighted by Gasteiger charge is 2.20. The number of nitrogens with zero attached hydrogens (tertiary/aromatic N) is 1. The third kappa shape index (κ3) is 3.90. The highest BCUT2D eigenvalue weighted by molar-refractivity contribution is 7.99. The Balaban J connectivity index is 2.98. The van der Waals surface area contributed by atoms with Gasteiger partial charge in [0.05, 0.1) is 17.2 Å². The number of aliphatic carboxylic acids is 1. The molecule has 0 aromatic heterocycles. The smallest absolute Gasteiger partial charge is 0.308 e. The van der Waals surface area contributed by atoms with E-state index in [1.54, 1.807) is 25.6 Å². The fraction of sp³-hybridized carbons (Fsp3) is 0.429. The molecule has 5 heteroatoms. The molecule has 1 aromatic carbocycles. The van der Waals surface area contributed by atoms with Crippen LogP contribution in [0.25, 0.3) is 0 Å². The summed E-state index contributed by atoms with van der Waals surface area (Å²) < 4.78 is 0. The molecule has 102 valence electrons. The highest BCUT2D eigenvalue weighted by atomic mass is 32.2. The molecule has 0 heterocycles. The summed E-state index contributed by atoms with van der Waals surface area (Å²) in [6, 6.07) is 7.54. The Morgan fingerprint density at radius 2 is 2.21 bits per heavy atom. The van der Waals surface area contributed by atoms with E-state index in [-0.39, 0.29) is 6.04 Å². The first kappa shape index (κ1) is 15.4. The number of rotatable bonds is 6. The van der Waals surface area contributed by atoms with Gasteiger partial charge in [-0.1, -0.05) is 13.0 Å². The third-order valence-corrected chi connectivity index (χ3v) is 3.90. The first-order valence-electron chi connectivity index (χ1n) is 6.16. The van der Waals surface area contributed by atoms with Gasteiger partial charge in [0.1, 0.15) is 6.07 Å². The average Bonchev–Trinajstić information content (AvgIpc) is 2.38. The van der Waals surface area contributed by atoms with Crippen LogP contribution in [0.1, 0.15) is 26.3 Å². The van der Waals surface area contributed by atoms with Crippen molar-refractivity contribution in [2.75, 3.05) is 11.1 Å². The summed E-state index contributed by atoms with van der Waals surface area (Å²) >= 11 is 1.60. The summed E-state index contributed by atoms with van der Waals surface area (Å²) in [7, 11) is 0. The Kier molecular flexibility index (Phi) is 5.71. The quantitative estimate of drug-likeness (QED) is 0.782. The number of carboxylic acid groups (broad SMARTS) is 1. The second-order valence-electron chi connectivity index (χ2n) is 4.28. The molecule has 0 radical (unpaired) electrons. The van der Waals surface area contributed by atoms with Crippen LogP contribution < -0.4 is 5.32 Å². The van der Waals surface area contributed by atoms with E-state index in [1.807, 2.05) is 25.1 Å². The number of benzene rings is 1. The molecule has 0 saturated heterocycles. The molecule has 2 N–H and O–H groups in total. The molecule has 0 aliphatic heterocycles. The zero-order valence-electron chi connectivity index (χ0n) is 11.3. The van der Waals surface area contributed by atoms with Crippen LogP contribution in [-0.2, 0) is 4.79 Å². The molecular weight excluding hydrogens is 260 g/mol. The van der Waals surface area contributed by atoms with Crippen LogP contribution in [0.5, 0.6) is 0 Å². The van der Waals surface area contributed by atoms with E-state index in [0.717, 1.165) is 10.6 Å². The minimum Gasteiger partial charge on any atom is -0.481 e. The summed E-state index contributed by atoms with van der Waals surface area (Å²) in [6.07, 6.45) is 0. The van der Waals surface area contributed by atoms with Gasteiger partial charge in [-0.15, -0.1) is 11.8 Å². The number of carbonyl (C=O) groups is 1. The first-order valence-corrected chi connectivity index (χ1v) is 7.15. The van der Waals surface area contributed by atoms with Crippen molar-refractivity contribution in [2.45, 2.75) is 31.7 Å². The first-order chi connectivity index (χ1) is 9.01. The van der Waals surface area contributed by atoms with Gasteiger partial charge in [0.25, 0.3) is 0 Å². The van der Waals surface area contributed by atoms with Gasteiger partial charge in [-0.05, 0) is 31.7 Å². The van der Waals surface area contributed by atoms with Crippen LogP contribution in [0.15, 0.2) is 23.1 Å². The van der Waals surface area contributed by atoms with E-state index in [2.05, 4.69) is 11.4 Å². The maximum absolute atomic E-state index is 10.9. The number of nitrogens with one attached hydrogen (secondary N) is 1. The Morgan fingerprint density at radius 1 is 1.53 bits per heavy atom. The van der Waals surface area contributed by atoms with Crippen molar-refractivity contribution in [1.82, 2.24) is 0 Å². The molecule has 0 amide bonds. The Bertz CT molecular complexity index is 497. The lowest BCUT2D eigenvalue weighted by molar-refractivity contribution is -0.141. The van der Waals surface area contributed by atoms with Gasteiger partial charge in [0, 0.05) is 10.9 Å². The summed E-state index contributed by atoms with van der Waals surface area (Å²) in [5.41, 5.74) is 1.28. The van der Waals surface area contributed by atoms with Crippen LogP contribution in [0.2, 0.25) is 0 Å². The van der Waals surface area contributed by atoms with Crippen LogP contribution in [0.3, 0.4) is 0 Å². The Hall–Kier alpha value is -1.67. The molecule has 0 saturated carbocycles. The predicted octanol–water partition coefficient (Wildman–Crippen LogP) is 3.19. The molecule has 0 spiro atoms. The number of thioether (sulfide) groups is 1. The molecule has 0 aliphatic rings. The predicted molar refractivity (Wildman–Crippen MR) is 77.4 cm³/mol. The fourth-order valence-electron chi connectivity index (χ4n) is 1.63. The fourth-order valence-corrected chi connectivity index (χ4v) is 2.41.